The molecule has 25 heavy (non-hydrogen) atoms. The van der Waals surface area contributed by atoms with Crippen LogP contribution >= 0.6 is 11.8 Å². The van der Waals surface area contributed by atoms with E-state index in [4.69, 9.17) is 9.47 Å². The van der Waals surface area contributed by atoms with Gasteiger partial charge in [-0.3, -0.25) is 4.79 Å². The first-order chi connectivity index (χ1) is 11.6. The number of carbonyl (C=O) groups is 1. The van der Waals surface area contributed by atoms with Gasteiger partial charge in [-0.15, -0.1) is 0 Å². The molecule has 6 heteroatoms. The summed E-state index contributed by atoms with van der Waals surface area (Å²) in [6, 6.07) is 0. The number of ketones is 1. The second-order valence-corrected chi connectivity index (χ2v) is 8.69. The Labute approximate surface area is 155 Å². The first-order valence-corrected chi connectivity index (χ1v) is 10.2. The Hall–Kier alpha value is -0.400. The molecular formula is C19H32O5S. The van der Waals surface area contributed by atoms with E-state index < -0.39 is 28.8 Å². The lowest BCUT2D eigenvalue weighted by atomic mass is 9.52. The summed E-state index contributed by atoms with van der Waals surface area (Å²) in [7, 11) is 1.49. The fourth-order valence-corrected chi connectivity index (χ4v) is 5.74. The number of hydrogen-bond donors (Lipinski definition) is 2. The SMILES string of the molecule is COC1C(O)CCC(O)(CSC)C1(C(C)=O)C1(C)OC1CC=C(C)C. The lowest BCUT2D eigenvalue weighted by Crippen LogP contribution is -2.72. The average Bonchev–Trinajstić information content (AvgIpc) is 3.18. The number of rotatable bonds is 7. The van der Waals surface area contributed by atoms with Crippen LogP contribution in [0.25, 0.3) is 0 Å². The van der Waals surface area contributed by atoms with E-state index in [1.807, 2.05) is 27.0 Å². The van der Waals surface area contributed by atoms with E-state index in [1.54, 1.807) is 0 Å². The van der Waals surface area contributed by atoms with Crippen LogP contribution in [0.4, 0.5) is 0 Å². The Balaban J connectivity index is 2.55. The number of carbonyl (C=O) groups excluding carboxylic acids is 1. The summed E-state index contributed by atoms with van der Waals surface area (Å²) in [5.74, 6) is 0.213. The van der Waals surface area contributed by atoms with Gasteiger partial charge in [-0.2, -0.15) is 11.8 Å². The van der Waals surface area contributed by atoms with Crippen molar-refractivity contribution in [1.82, 2.24) is 0 Å². The van der Waals surface area contributed by atoms with Gasteiger partial charge in [0.25, 0.3) is 0 Å². The summed E-state index contributed by atoms with van der Waals surface area (Å²) < 4.78 is 11.7. The van der Waals surface area contributed by atoms with Crippen LogP contribution in [0, 0.1) is 5.41 Å². The summed E-state index contributed by atoms with van der Waals surface area (Å²) in [6.07, 6.45) is 3.64. The molecule has 0 aromatic rings. The average molecular weight is 373 g/mol. The van der Waals surface area contributed by atoms with Gasteiger partial charge in [0.1, 0.15) is 22.9 Å². The number of Topliss-reactive ketones (excluding diaryl/α,β-unsaturated/α-hetero) is 1. The van der Waals surface area contributed by atoms with Crippen molar-refractivity contribution < 1.29 is 24.5 Å². The fraction of sp³-hybridized carbons (Fsp3) is 0.842. The molecule has 144 valence electrons. The van der Waals surface area contributed by atoms with Crippen molar-refractivity contribution in [1.29, 1.82) is 0 Å². The minimum atomic E-state index is -1.30. The molecule has 0 radical (unpaired) electrons. The van der Waals surface area contributed by atoms with Crippen LogP contribution in [0.3, 0.4) is 0 Å². The number of thioether (sulfide) groups is 1. The van der Waals surface area contributed by atoms with Gasteiger partial charge < -0.3 is 19.7 Å². The van der Waals surface area contributed by atoms with Crippen molar-refractivity contribution in [2.45, 2.75) is 76.5 Å². The molecule has 0 spiro atoms. The zero-order valence-corrected chi connectivity index (χ0v) is 17.0. The molecule has 2 rings (SSSR count). The predicted octanol–water partition coefficient (Wildman–Crippen LogP) is 2.34. The Morgan fingerprint density at radius 2 is 2.04 bits per heavy atom. The summed E-state index contributed by atoms with van der Waals surface area (Å²) in [6.45, 7) is 7.41. The van der Waals surface area contributed by atoms with E-state index >= 15 is 0 Å². The normalized spacial score (nSPS) is 43.6. The number of allylic oxidation sites excluding steroid dienone is 1. The van der Waals surface area contributed by atoms with Crippen LogP contribution in [0.1, 0.15) is 47.0 Å². The predicted molar refractivity (Wildman–Crippen MR) is 99.8 cm³/mol. The number of ether oxygens (including phenoxy) is 2. The molecule has 0 bridgehead atoms. The molecule has 2 fully saturated rings. The Bertz CT molecular complexity index is 546. The molecular weight excluding hydrogens is 340 g/mol. The molecule has 0 amide bonds. The highest BCUT2D eigenvalue weighted by molar-refractivity contribution is 7.98. The zero-order valence-electron chi connectivity index (χ0n) is 16.2. The maximum atomic E-state index is 13.0. The van der Waals surface area contributed by atoms with Crippen molar-refractivity contribution in [3.05, 3.63) is 11.6 Å². The minimum Gasteiger partial charge on any atom is -0.390 e. The number of aliphatic hydroxyl groups excluding tert-OH is 1. The van der Waals surface area contributed by atoms with Gasteiger partial charge in [0.05, 0.1) is 17.8 Å². The quantitative estimate of drug-likeness (QED) is 0.527. The molecule has 1 aliphatic heterocycles. The zero-order chi connectivity index (χ0) is 19.0. The van der Waals surface area contributed by atoms with Gasteiger partial charge in [0.15, 0.2) is 0 Å². The van der Waals surface area contributed by atoms with E-state index in [9.17, 15) is 15.0 Å². The highest BCUT2D eigenvalue weighted by atomic mass is 32.2. The van der Waals surface area contributed by atoms with Crippen molar-refractivity contribution in [2.75, 3.05) is 19.1 Å². The third-order valence-electron chi connectivity index (χ3n) is 6.02. The summed E-state index contributed by atoms with van der Waals surface area (Å²) >= 11 is 1.50. The first kappa shape index (κ1) is 20.9. The molecule has 6 unspecified atom stereocenters. The van der Waals surface area contributed by atoms with E-state index in [-0.39, 0.29) is 11.9 Å². The van der Waals surface area contributed by atoms with Gasteiger partial charge in [0.2, 0.25) is 0 Å². The van der Waals surface area contributed by atoms with E-state index in [0.717, 1.165) is 0 Å². The Kier molecular flexibility index (Phi) is 6.12. The third kappa shape index (κ3) is 3.10. The number of aliphatic hydroxyl groups is 2. The monoisotopic (exact) mass is 372 g/mol. The highest BCUT2D eigenvalue weighted by Crippen LogP contribution is 2.63. The van der Waals surface area contributed by atoms with E-state index in [1.165, 1.54) is 31.4 Å². The van der Waals surface area contributed by atoms with Crippen molar-refractivity contribution >= 4 is 17.5 Å². The van der Waals surface area contributed by atoms with E-state index in [2.05, 4.69) is 6.08 Å². The fourth-order valence-electron chi connectivity index (χ4n) is 4.89. The number of methoxy groups -OCH3 is 1. The second-order valence-electron chi connectivity index (χ2n) is 7.82. The van der Waals surface area contributed by atoms with Crippen LogP contribution in [-0.4, -0.2) is 64.6 Å². The van der Waals surface area contributed by atoms with Gasteiger partial charge in [-0.1, -0.05) is 11.6 Å². The van der Waals surface area contributed by atoms with Crippen LogP contribution in [-0.2, 0) is 14.3 Å². The molecule has 2 aliphatic rings. The molecule has 1 saturated carbocycles. The standard InChI is InChI=1S/C19H32O5S/c1-12(2)7-8-15-17(4,24-15)19(13(3)20)16(23-5)14(21)9-10-18(19,22)11-25-6/h7,14-16,21-22H,8-11H2,1-6H3. The molecule has 1 heterocycles. The van der Waals surface area contributed by atoms with Crippen LogP contribution < -0.4 is 0 Å². The Morgan fingerprint density at radius 3 is 2.52 bits per heavy atom. The van der Waals surface area contributed by atoms with Crippen molar-refractivity contribution in [3.63, 3.8) is 0 Å². The summed E-state index contributed by atoms with van der Waals surface area (Å²) in [5.41, 5.74) is -2.26. The molecule has 1 saturated heterocycles. The molecule has 2 N–H and O–H groups in total. The molecule has 0 aromatic heterocycles. The maximum absolute atomic E-state index is 13.0. The van der Waals surface area contributed by atoms with Gasteiger partial charge >= 0.3 is 0 Å². The largest absolute Gasteiger partial charge is 0.390 e. The summed E-state index contributed by atoms with van der Waals surface area (Å²) in [5, 5.41) is 22.2. The highest BCUT2D eigenvalue weighted by Gasteiger charge is 2.78. The topological polar surface area (TPSA) is 79.3 Å². The lowest BCUT2D eigenvalue weighted by molar-refractivity contribution is -0.225. The smallest absolute Gasteiger partial charge is 0.144 e. The molecule has 1 aliphatic carbocycles. The Morgan fingerprint density at radius 1 is 1.40 bits per heavy atom. The first-order valence-electron chi connectivity index (χ1n) is 8.85. The lowest BCUT2D eigenvalue weighted by Gasteiger charge is -2.56. The van der Waals surface area contributed by atoms with Crippen LogP contribution in [0.5, 0.6) is 0 Å². The van der Waals surface area contributed by atoms with Crippen molar-refractivity contribution in [3.8, 4) is 0 Å². The second kappa shape index (κ2) is 7.31. The summed E-state index contributed by atoms with van der Waals surface area (Å²) in [4.78, 5) is 13.0. The van der Waals surface area contributed by atoms with E-state index in [0.29, 0.717) is 25.0 Å². The molecule has 6 atom stereocenters. The minimum absolute atomic E-state index is 0.178. The van der Waals surface area contributed by atoms with Crippen LogP contribution in [0.2, 0.25) is 0 Å². The van der Waals surface area contributed by atoms with Gasteiger partial charge in [-0.05, 0) is 53.2 Å². The molecule has 5 nitrogen and oxygen atoms in total. The molecule has 0 aromatic carbocycles. The van der Waals surface area contributed by atoms with Gasteiger partial charge in [-0.25, -0.2) is 0 Å². The van der Waals surface area contributed by atoms with Crippen LogP contribution in [0.15, 0.2) is 11.6 Å². The number of hydrogen-bond acceptors (Lipinski definition) is 6. The van der Waals surface area contributed by atoms with Gasteiger partial charge in [0, 0.05) is 12.9 Å². The van der Waals surface area contributed by atoms with Crippen molar-refractivity contribution in [2.24, 2.45) is 5.41 Å². The number of epoxide rings is 1. The maximum Gasteiger partial charge on any atom is 0.144 e. The third-order valence-corrected chi connectivity index (χ3v) is 6.79.